The van der Waals surface area contributed by atoms with Gasteiger partial charge < -0.3 is 14.8 Å². The lowest BCUT2D eigenvalue weighted by Gasteiger charge is -2.48. The van der Waals surface area contributed by atoms with Gasteiger partial charge in [-0.15, -0.1) is 0 Å². The monoisotopic (exact) mass is 297 g/mol. The van der Waals surface area contributed by atoms with Crippen molar-refractivity contribution in [1.82, 2.24) is 5.32 Å². The molecule has 1 unspecified atom stereocenters. The van der Waals surface area contributed by atoms with Gasteiger partial charge in [0.25, 0.3) is 0 Å². The van der Waals surface area contributed by atoms with Gasteiger partial charge in [0.05, 0.1) is 5.60 Å². The van der Waals surface area contributed by atoms with Crippen molar-refractivity contribution in [2.75, 3.05) is 26.9 Å². The van der Waals surface area contributed by atoms with Crippen LogP contribution in [0.1, 0.15) is 65.7 Å². The molecule has 1 aliphatic carbocycles. The fourth-order valence-corrected chi connectivity index (χ4v) is 4.09. The molecule has 0 aromatic rings. The molecule has 1 saturated carbocycles. The predicted molar refractivity (Wildman–Crippen MR) is 87.6 cm³/mol. The van der Waals surface area contributed by atoms with E-state index in [2.05, 4.69) is 26.1 Å². The molecule has 1 N–H and O–H groups in total. The molecule has 0 aromatic heterocycles. The highest BCUT2D eigenvalue weighted by atomic mass is 16.5. The normalized spacial score (nSPS) is 27.4. The van der Waals surface area contributed by atoms with Gasteiger partial charge in [0.1, 0.15) is 0 Å². The van der Waals surface area contributed by atoms with Crippen LogP contribution >= 0.6 is 0 Å². The van der Waals surface area contributed by atoms with Gasteiger partial charge in [-0.1, -0.05) is 20.8 Å². The molecule has 124 valence electrons. The van der Waals surface area contributed by atoms with Crippen molar-refractivity contribution in [1.29, 1.82) is 0 Å². The van der Waals surface area contributed by atoms with Crippen molar-refractivity contribution in [3.8, 4) is 0 Å². The smallest absolute Gasteiger partial charge is 0.0831 e. The van der Waals surface area contributed by atoms with E-state index in [1.165, 1.54) is 44.9 Å². The van der Waals surface area contributed by atoms with Crippen molar-refractivity contribution < 1.29 is 9.47 Å². The number of methoxy groups -OCH3 is 1. The minimum absolute atomic E-state index is 0.0455. The van der Waals surface area contributed by atoms with E-state index in [-0.39, 0.29) is 5.60 Å². The quantitative estimate of drug-likeness (QED) is 0.809. The number of likely N-dealkylation sites (N-methyl/N-ethyl adjacent to an activating group) is 1. The van der Waals surface area contributed by atoms with Gasteiger partial charge in [-0.05, 0) is 62.8 Å². The molecule has 2 aliphatic rings. The molecule has 0 aromatic carbocycles. The highest BCUT2D eigenvalue weighted by molar-refractivity contribution is 4.99. The Kier molecular flexibility index (Phi) is 6.10. The summed E-state index contributed by atoms with van der Waals surface area (Å²) in [5, 5.41) is 3.75. The molecule has 2 fully saturated rings. The van der Waals surface area contributed by atoms with Gasteiger partial charge in [-0.2, -0.15) is 0 Å². The average Bonchev–Trinajstić information content (AvgIpc) is 2.49. The lowest BCUT2D eigenvalue weighted by atomic mass is 9.67. The summed E-state index contributed by atoms with van der Waals surface area (Å²) in [6.45, 7) is 9.92. The van der Waals surface area contributed by atoms with Gasteiger partial charge in [-0.25, -0.2) is 0 Å². The van der Waals surface area contributed by atoms with E-state index in [9.17, 15) is 0 Å². The highest BCUT2D eigenvalue weighted by Gasteiger charge is 2.44. The van der Waals surface area contributed by atoms with E-state index in [1.54, 1.807) is 0 Å². The third kappa shape index (κ3) is 4.43. The molecule has 21 heavy (non-hydrogen) atoms. The zero-order valence-electron chi connectivity index (χ0n) is 14.5. The van der Waals surface area contributed by atoms with Gasteiger partial charge in [0, 0.05) is 26.4 Å². The van der Waals surface area contributed by atoms with Crippen LogP contribution in [-0.4, -0.2) is 38.5 Å². The molecular weight excluding hydrogens is 262 g/mol. The van der Waals surface area contributed by atoms with Crippen molar-refractivity contribution in [2.24, 2.45) is 11.3 Å². The molecule has 1 aliphatic heterocycles. The van der Waals surface area contributed by atoms with Crippen LogP contribution < -0.4 is 5.32 Å². The lowest BCUT2D eigenvalue weighted by molar-refractivity contribution is -0.0929. The largest absolute Gasteiger partial charge is 0.381 e. The standard InChI is InChI=1S/C18H35NO2/c1-5-19-16(14-15-6-12-21-13-7-15)18(20-4)10-8-17(2,3)9-11-18/h15-16,19H,5-14H2,1-4H3. The second kappa shape index (κ2) is 7.43. The molecule has 1 atom stereocenters. The Balaban J connectivity index is 2.03. The Hall–Kier alpha value is -0.120. The van der Waals surface area contributed by atoms with E-state index in [1.807, 2.05) is 7.11 Å². The van der Waals surface area contributed by atoms with Crippen LogP contribution in [0.5, 0.6) is 0 Å². The number of hydrogen-bond donors (Lipinski definition) is 1. The second-order valence-electron chi connectivity index (χ2n) is 7.83. The van der Waals surface area contributed by atoms with Gasteiger partial charge in [0.15, 0.2) is 0 Å². The van der Waals surface area contributed by atoms with Crippen molar-refractivity contribution in [3.63, 3.8) is 0 Å². The fraction of sp³-hybridized carbons (Fsp3) is 1.00. The summed E-state index contributed by atoms with van der Waals surface area (Å²) in [6, 6.07) is 0.492. The first-order chi connectivity index (χ1) is 10.0. The summed E-state index contributed by atoms with van der Waals surface area (Å²) >= 11 is 0. The minimum Gasteiger partial charge on any atom is -0.381 e. The zero-order chi connectivity index (χ0) is 15.3. The Bertz CT molecular complexity index is 300. The second-order valence-corrected chi connectivity index (χ2v) is 7.83. The summed E-state index contributed by atoms with van der Waals surface area (Å²) in [6.07, 6.45) is 8.60. The Morgan fingerprint density at radius 3 is 2.29 bits per heavy atom. The molecule has 0 bridgehead atoms. The van der Waals surface area contributed by atoms with E-state index in [0.717, 1.165) is 25.7 Å². The van der Waals surface area contributed by atoms with Gasteiger partial charge in [-0.3, -0.25) is 0 Å². The molecule has 1 saturated heterocycles. The SMILES string of the molecule is CCNC(CC1CCOCC1)C1(OC)CCC(C)(C)CC1. The summed E-state index contributed by atoms with van der Waals surface area (Å²) in [5.41, 5.74) is 0.529. The molecule has 3 heteroatoms. The van der Waals surface area contributed by atoms with E-state index >= 15 is 0 Å². The van der Waals surface area contributed by atoms with E-state index in [4.69, 9.17) is 9.47 Å². The molecule has 0 amide bonds. The first kappa shape index (κ1) is 17.2. The zero-order valence-corrected chi connectivity index (χ0v) is 14.5. The maximum Gasteiger partial charge on any atom is 0.0831 e. The van der Waals surface area contributed by atoms with E-state index in [0.29, 0.717) is 11.5 Å². The Labute approximate surface area is 131 Å². The third-order valence-corrected chi connectivity index (χ3v) is 5.85. The first-order valence-corrected chi connectivity index (χ1v) is 8.87. The third-order valence-electron chi connectivity index (χ3n) is 5.85. The van der Waals surface area contributed by atoms with Crippen LogP contribution in [0.3, 0.4) is 0 Å². The number of rotatable bonds is 6. The molecule has 3 nitrogen and oxygen atoms in total. The maximum atomic E-state index is 6.13. The fourth-order valence-electron chi connectivity index (χ4n) is 4.09. The van der Waals surface area contributed by atoms with E-state index < -0.39 is 0 Å². The van der Waals surface area contributed by atoms with Crippen LogP contribution in [0, 0.1) is 11.3 Å². The Morgan fingerprint density at radius 2 is 1.76 bits per heavy atom. The maximum absolute atomic E-state index is 6.13. The molecule has 0 spiro atoms. The predicted octanol–water partition coefficient (Wildman–Crippen LogP) is 3.77. The van der Waals surface area contributed by atoms with Crippen LogP contribution in [0.2, 0.25) is 0 Å². The number of hydrogen-bond acceptors (Lipinski definition) is 3. The van der Waals surface area contributed by atoms with Crippen molar-refractivity contribution >= 4 is 0 Å². The molecular formula is C18H35NO2. The van der Waals surface area contributed by atoms with Gasteiger partial charge in [0.2, 0.25) is 0 Å². The molecule has 2 rings (SSSR count). The van der Waals surface area contributed by atoms with Crippen LogP contribution in [-0.2, 0) is 9.47 Å². The number of ether oxygens (including phenoxy) is 2. The first-order valence-electron chi connectivity index (χ1n) is 8.87. The molecule has 1 heterocycles. The van der Waals surface area contributed by atoms with Crippen molar-refractivity contribution in [2.45, 2.75) is 77.4 Å². The highest BCUT2D eigenvalue weighted by Crippen LogP contribution is 2.44. The summed E-state index contributed by atoms with van der Waals surface area (Å²) in [5.74, 6) is 0.796. The summed E-state index contributed by atoms with van der Waals surface area (Å²) in [4.78, 5) is 0. The van der Waals surface area contributed by atoms with Crippen LogP contribution in [0.25, 0.3) is 0 Å². The van der Waals surface area contributed by atoms with Crippen LogP contribution in [0.4, 0.5) is 0 Å². The van der Waals surface area contributed by atoms with Crippen LogP contribution in [0.15, 0.2) is 0 Å². The minimum atomic E-state index is 0.0455. The number of nitrogens with one attached hydrogen (secondary N) is 1. The summed E-state index contributed by atoms with van der Waals surface area (Å²) in [7, 11) is 1.92. The van der Waals surface area contributed by atoms with Crippen molar-refractivity contribution in [3.05, 3.63) is 0 Å². The Morgan fingerprint density at radius 1 is 1.14 bits per heavy atom. The topological polar surface area (TPSA) is 30.5 Å². The molecule has 0 radical (unpaired) electrons. The van der Waals surface area contributed by atoms with Gasteiger partial charge >= 0.3 is 0 Å². The average molecular weight is 297 g/mol. The lowest BCUT2D eigenvalue weighted by Crippen LogP contribution is -2.55. The summed E-state index contributed by atoms with van der Waals surface area (Å²) < 4.78 is 11.6.